The highest BCUT2D eigenvalue weighted by atomic mass is 19.1. The Morgan fingerprint density at radius 3 is 2.50 bits per heavy atom. The first-order chi connectivity index (χ1) is 2.93. The minimum absolute atomic E-state index is 0.194. The minimum Gasteiger partial charge on any atom is -0.311 e. The van der Waals surface area contributed by atoms with Crippen LogP contribution in [0.5, 0.6) is 0 Å². The standard InChI is InChI=1S/C4H8FN/c5-3-4-1-2-6-4/h4,6H,1-3H2/t4-/m0/s1. The first-order valence-electron chi connectivity index (χ1n) is 2.23. The SMILES string of the molecule is FC[C@@H]1CCN1. The highest BCUT2D eigenvalue weighted by Crippen LogP contribution is 2.00. The molecule has 0 saturated carbocycles. The van der Waals surface area contributed by atoms with Crippen LogP contribution in [0.15, 0.2) is 0 Å². The number of alkyl halides is 1. The molecule has 1 fully saturated rings. The molecule has 0 aromatic rings. The Morgan fingerprint density at radius 1 is 1.83 bits per heavy atom. The maximum atomic E-state index is 11.4. The van der Waals surface area contributed by atoms with Crippen molar-refractivity contribution in [3.05, 3.63) is 0 Å². The topological polar surface area (TPSA) is 12.0 Å². The highest BCUT2D eigenvalue weighted by Gasteiger charge is 2.14. The fourth-order valence-corrected chi connectivity index (χ4v) is 0.480. The van der Waals surface area contributed by atoms with E-state index in [0.717, 1.165) is 13.0 Å². The van der Waals surface area contributed by atoms with Gasteiger partial charge in [-0.3, -0.25) is 0 Å². The van der Waals surface area contributed by atoms with Crippen LogP contribution in [0.4, 0.5) is 4.39 Å². The highest BCUT2D eigenvalue weighted by molar-refractivity contribution is 4.75. The van der Waals surface area contributed by atoms with Crippen molar-refractivity contribution in [1.82, 2.24) is 5.32 Å². The molecular weight excluding hydrogens is 81.0 g/mol. The molecule has 2 heteroatoms. The Hall–Kier alpha value is -0.110. The Balaban J connectivity index is 2.01. The third-order valence-electron chi connectivity index (χ3n) is 1.11. The fourth-order valence-electron chi connectivity index (χ4n) is 0.480. The van der Waals surface area contributed by atoms with Crippen LogP contribution in [0, 0.1) is 0 Å². The summed E-state index contributed by atoms with van der Waals surface area (Å²) in [6, 6.07) is 0.199. The lowest BCUT2D eigenvalue weighted by atomic mass is 10.1. The summed E-state index contributed by atoms with van der Waals surface area (Å²) < 4.78 is 11.4. The van der Waals surface area contributed by atoms with E-state index in [0.29, 0.717) is 0 Å². The van der Waals surface area contributed by atoms with E-state index >= 15 is 0 Å². The summed E-state index contributed by atoms with van der Waals surface area (Å²) in [4.78, 5) is 0. The molecule has 1 heterocycles. The van der Waals surface area contributed by atoms with Crippen molar-refractivity contribution in [3.8, 4) is 0 Å². The predicted molar refractivity (Wildman–Crippen MR) is 22.4 cm³/mol. The second-order valence-electron chi connectivity index (χ2n) is 1.59. The van der Waals surface area contributed by atoms with Gasteiger partial charge in [0.25, 0.3) is 0 Å². The number of rotatable bonds is 1. The molecular formula is C4H8FN. The largest absolute Gasteiger partial charge is 0.311 e. The molecule has 36 valence electrons. The second-order valence-corrected chi connectivity index (χ2v) is 1.59. The van der Waals surface area contributed by atoms with Crippen molar-refractivity contribution in [3.63, 3.8) is 0 Å². The van der Waals surface area contributed by atoms with Gasteiger partial charge in [-0.1, -0.05) is 0 Å². The van der Waals surface area contributed by atoms with E-state index in [1.165, 1.54) is 0 Å². The van der Waals surface area contributed by atoms with Crippen LogP contribution in [-0.4, -0.2) is 19.3 Å². The van der Waals surface area contributed by atoms with E-state index < -0.39 is 0 Å². The number of nitrogens with one attached hydrogen (secondary N) is 1. The lowest BCUT2D eigenvalue weighted by molar-refractivity contribution is 0.291. The van der Waals surface area contributed by atoms with E-state index in [-0.39, 0.29) is 12.7 Å². The van der Waals surface area contributed by atoms with Gasteiger partial charge in [0.05, 0.1) is 0 Å². The molecule has 1 saturated heterocycles. The number of hydrogen-bond acceptors (Lipinski definition) is 1. The molecule has 6 heavy (non-hydrogen) atoms. The van der Waals surface area contributed by atoms with Gasteiger partial charge in [-0.15, -0.1) is 0 Å². The minimum atomic E-state index is -0.194. The molecule has 0 aromatic carbocycles. The van der Waals surface area contributed by atoms with E-state index in [2.05, 4.69) is 5.32 Å². The molecule has 0 bridgehead atoms. The van der Waals surface area contributed by atoms with Gasteiger partial charge >= 0.3 is 0 Å². The summed E-state index contributed by atoms with van der Waals surface area (Å²) in [5, 5.41) is 2.92. The van der Waals surface area contributed by atoms with Gasteiger partial charge in [0.15, 0.2) is 0 Å². The smallest absolute Gasteiger partial charge is 0.105 e. The average Bonchev–Trinajstić information content (AvgIpc) is 1.31. The third-order valence-corrected chi connectivity index (χ3v) is 1.11. The van der Waals surface area contributed by atoms with Crippen LogP contribution in [-0.2, 0) is 0 Å². The molecule has 1 nitrogen and oxygen atoms in total. The van der Waals surface area contributed by atoms with Gasteiger partial charge < -0.3 is 5.32 Å². The summed E-state index contributed by atoms with van der Waals surface area (Å²) in [6.45, 7) is 0.814. The molecule has 1 aliphatic heterocycles. The lowest BCUT2D eigenvalue weighted by Crippen LogP contribution is -2.44. The molecule has 0 radical (unpaired) electrons. The van der Waals surface area contributed by atoms with Crippen molar-refractivity contribution in [2.24, 2.45) is 0 Å². The molecule has 0 aromatic heterocycles. The van der Waals surface area contributed by atoms with Crippen LogP contribution < -0.4 is 5.32 Å². The molecule has 1 rings (SSSR count). The van der Waals surface area contributed by atoms with Crippen molar-refractivity contribution in [2.45, 2.75) is 12.5 Å². The first kappa shape index (κ1) is 4.06. The van der Waals surface area contributed by atoms with Gasteiger partial charge in [0.2, 0.25) is 0 Å². The quantitative estimate of drug-likeness (QED) is 0.487. The predicted octanol–water partition coefficient (Wildman–Crippen LogP) is 0.318. The Bertz CT molecular complexity index is 40.1. The maximum absolute atomic E-state index is 11.4. The van der Waals surface area contributed by atoms with Gasteiger partial charge in [-0.25, -0.2) is 4.39 Å². The summed E-state index contributed by atoms with van der Waals surface area (Å²) in [7, 11) is 0. The normalized spacial score (nSPS) is 32.5. The molecule has 1 N–H and O–H groups in total. The summed E-state index contributed by atoms with van der Waals surface area (Å²) in [5.74, 6) is 0. The van der Waals surface area contributed by atoms with Gasteiger partial charge in [-0.2, -0.15) is 0 Å². The third kappa shape index (κ3) is 0.522. The molecule has 0 aliphatic carbocycles. The number of hydrogen-bond donors (Lipinski definition) is 1. The van der Waals surface area contributed by atoms with Crippen LogP contribution in [0.25, 0.3) is 0 Å². The van der Waals surface area contributed by atoms with Crippen molar-refractivity contribution in [1.29, 1.82) is 0 Å². The Labute approximate surface area is 36.5 Å². The number of halogens is 1. The average molecular weight is 89.1 g/mol. The van der Waals surface area contributed by atoms with Gasteiger partial charge in [0.1, 0.15) is 6.67 Å². The van der Waals surface area contributed by atoms with E-state index in [1.54, 1.807) is 0 Å². The van der Waals surface area contributed by atoms with Crippen molar-refractivity contribution < 1.29 is 4.39 Å². The van der Waals surface area contributed by atoms with Crippen LogP contribution >= 0.6 is 0 Å². The van der Waals surface area contributed by atoms with Gasteiger partial charge in [-0.05, 0) is 13.0 Å². The van der Waals surface area contributed by atoms with Crippen molar-refractivity contribution >= 4 is 0 Å². The molecule has 1 aliphatic rings. The fraction of sp³-hybridized carbons (Fsp3) is 1.00. The molecule has 0 amide bonds. The first-order valence-corrected chi connectivity index (χ1v) is 2.23. The zero-order chi connectivity index (χ0) is 4.41. The Kier molecular flexibility index (Phi) is 1.05. The van der Waals surface area contributed by atoms with Crippen LogP contribution in [0.1, 0.15) is 6.42 Å². The monoisotopic (exact) mass is 89.1 g/mol. The maximum Gasteiger partial charge on any atom is 0.105 e. The second kappa shape index (κ2) is 1.56. The zero-order valence-corrected chi connectivity index (χ0v) is 3.58. The van der Waals surface area contributed by atoms with Crippen LogP contribution in [0.3, 0.4) is 0 Å². The van der Waals surface area contributed by atoms with Crippen LogP contribution in [0.2, 0.25) is 0 Å². The van der Waals surface area contributed by atoms with E-state index in [9.17, 15) is 4.39 Å². The Morgan fingerprint density at radius 2 is 2.50 bits per heavy atom. The van der Waals surface area contributed by atoms with E-state index in [1.807, 2.05) is 0 Å². The molecule has 0 unspecified atom stereocenters. The van der Waals surface area contributed by atoms with E-state index in [4.69, 9.17) is 0 Å². The molecule has 1 atom stereocenters. The lowest BCUT2D eigenvalue weighted by Gasteiger charge is -2.23. The zero-order valence-electron chi connectivity index (χ0n) is 3.58. The van der Waals surface area contributed by atoms with Gasteiger partial charge in [0, 0.05) is 6.04 Å². The van der Waals surface area contributed by atoms with Crippen molar-refractivity contribution in [2.75, 3.05) is 13.2 Å². The molecule has 0 spiro atoms. The summed E-state index contributed by atoms with van der Waals surface area (Å²) in [5.41, 5.74) is 0. The summed E-state index contributed by atoms with van der Waals surface area (Å²) >= 11 is 0. The summed E-state index contributed by atoms with van der Waals surface area (Å²) in [6.07, 6.45) is 1.02.